The third-order valence-corrected chi connectivity index (χ3v) is 3.75. The summed E-state index contributed by atoms with van der Waals surface area (Å²) in [6, 6.07) is 7.58. The van der Waals surface area contributed by atoms with Gasteiger partial charge in [-0.25, -0.2) is 4.79 Å². The van der Waals surface area contributed by atoms with Gasteiger partial charge in [0.2, 0.25) is 0 Å². The Kier molecular flexibility index (Phi) is 8.01. The van der Waals surface area contributed by atoms with Gasteiger partial charge < -0.3 is 4.74 Å². The van der Waals surface area contributed by atoms with Crippen molar-refractivity contribution in [1.29, 1.82) is 0 Å². The fourth-order valence-corrected chi connectivity index (χ4v) is 2.31. The number of esters is 1. The second-order valence-electron chi connectivity index (χ2n) is 5.59. The molecule has 2 nitrogen and oxygen atoms in total. The molecule has 0 bridgehead atoms. The van der Waals surface area contributed by atoms with Crippen molar-refractivity contribution in [2.45, 2.75) is 59.3 Å². The van der Waals surface area contributed by atoms with Gasteiger partial charge in [-0.2, -0.15) is 0 Å². The molecular weight excluding hydrogens is 248 g/mol. The lowest BCUT2D eigenvalue weighted by atomic mass is 9.99. The number of benzene rings is 1. The van der Waals surface area contributed by atoms with Gasteiger partial charge in [0, 0.05) is 0 Å². The molecule has 0 radical (unpaired) electrons. The topological polar surface area (TPSA) is 26.3 Å². The Bertz CT molecular complexity index is 398. The average Bonchev–Trinajstić information content (AvgIpc) is 2.46. The first-order valence-corrected chi connectivity index (χ1v) is 7.91. The van der Waals surface area contributed by atoms with Crippen molar-refractivity contribution in [3.8, 4) is 0 Å². The summed E-state index contributed by atoms with van der Waals surface area (Å²) >= 11 is 0. The summed E-state index contributed by atoms with van der Waals surface area (Å²) in [5, 5.41) is 0. The lowest BCUT2D eigenvalue weighted by Gasteiger charge is -2.15. The Morgan fingerprint density at radius 3 is 2.65 bits per heavy atom. The zero-order valence-corrected chi connectivity index (χ0v) is 13.2. The van der Waals surface area contributed by atoms with Gasteiger partial charge in [-0.3, -0.25) is 0 Å². The molecule has 0 aliphatic carbocycles. The average molecular weight is 276 g/mol. The number of hydrogen-bond donors (Lipinski definition) is 0. The summed E-state index contributed by atoms with van der Waals surface area (Å²) in [7, 11) is 0. The monoisotopic (exact) mass is 276 g/mol. The molecule has 0 heterocycles. The lowest BCUT2D eigenvalue weighted by molar-refractivity contribution is 0.0427. The number of unbranched alkanes of at least 4 members (excludes halogenated alkanes) is 3. The summed E-state index contributed by atoms with van der Waals surface area (Å²) in [4.78, 5) is 12.0. The van der Waals surface area contributed by atoms with E-state index < -0.39 is 0 Å². The molecule has 0 aromatic heterocycles. The molecule has 20 heavy (non-hydrogen) atoms. The molecule has 112 valence electrons. The summed E-state index contributed by atoms with van der Waals surface area (Å²) in [6.07, 6.45) is 7.34. The quantitative estimate of drug-likeness (QED) is 0.460. The van der Waals surface area contributed by atoms with Gasteiger partial charge in [0.25, 0.3) is 0 Å². The van der Waals surface area contributed by atoms with Crippen molar-refractivity contribution < 1.29 is 9.53 Å². The molecule has 1 unspecified atom stereocenters. The minimum Gasteiger partial charge on any atom is -0.462 e. The van der Waals surface area contributed by atoms with Gasteiger partial charge in [0.15, 0.2) is 0 Å². The highest BCUT2D eigenvalue weighted by Crippen LogP contribution is 2.15. The largest absolute Gasteiger partial charge is 0.462 e. The lowest BCUT2D eigenvalue weighted by Crippen LogP contribution is -2.14. The highest BCUT2D eigenvalue weighted by Gasteiger charge is 2.11. The van der Waals surface area contributed by atoms with Gasteiger partial charge in [-0.1, -0.05) is 63.6 Å². The van der Waals surface area contributed by atoms with Crippen LogP contribution in [0.3, 0.4) is 0 Å². The summed E-state index contributed by atoms with van der Waals surface area (Å²) < 4.78 is 5.45. The van der Waals surface area contributed by atoms with Gasteiger partial charge >= 0.3 is 5.97 Å². The van der Waals surface area contributed by atoms with Gasteiger partial charge in [-0.05, 0) is 31.4 Å². The van der Waals surface area contributed by atoms with Crippen LogP contribution in [0.2, 0.25) is 0 Å². The third-order valence-electron chi connectivity index (χ3n) is 3.75. The zero-order valence-electron chi connectivity index (χ0n) is 13.2. The molecule has 0 saturated heterocycles. The molecule has 1 atom stereocenters. The molecule has 0 aliphatic rings. The second-order valence-corrected chi connectivity index (χ2v) is 5.59. The van der Waals surface area contributed by atoms with Crippen molar-refractivity contribution in [3.05, 3.63) is 35.4 Å². The normalized spacial score (nSPS) is 12.2. The van der Waals surface area contributed by atoms with Crippen LogP contribution in [-0.4, -0.2) is 12.6 Å². The molecule has 0 aliphatic heterocycles. The molecule has 1 aromatic rings. The van der Waals surface area contributed by atoms with E-state index in [0.717, 1.165) is 18.4 Å². The Balaban J connectivity index is 2.34. The number of hydrogen-bond acceptors (Lipinski definition) is 2. The summed E-state index contributed by atoms with van der Waals surface area (Å²) in [5.74, 6) is 0.307. The van der Waals surface area contributed by atoms with Crippen LogP contribution in [0.4, 0.5) is 0 Å². The number of aryl methyl sites for hydroxylation is 1. The fourth-order valence-electron chi connectivity index (χ4n) is 2.31. The van der Waals surface area contributed by atoms with Crippen LogP contribution < -0.4 is 0 Å². The van der Waals surface area contributed by atoms with E-state index in [2.05, 4.69) is 13.8 Å². The standard InChI is InChI=1S/C18H28O2/c1-4-6-7-8-11-16(5-2)14-20-18(19)17-12-9-10-15(3)13-17/h9-10,12-13,16H,4-8,11,14H2,1-3H3. The van der Waals surface area contributed by atoms with E-state index in [4.69, 9.17) is 4.74 Å². The number of carbonyl (C=O) groups excluding carboxylic acids is 1. The maximum Gasteiger partial charge on any atom is 0.338 e. The van der Waals surface area contributed by atoms with Crippen molar-refractivity contribution in [2.24, 2.45) is 5.92 Å². The molecular formula is C18H28O2. The SMILES string of the molecule is CCCCCCC(CC)COC(=O)c1cccc(C)c1. The molecule has 0 N–H and O–H groups in total. The minimum absolute atomic E-state index is 0.194. The third kappa shape index (κ3) is 6.23. The van der Waals surface area contributed by atoms with Gasteiger partial charge in [-0.15, -0.1) is 0 Å². The van der Waals surface area contributed by atoms with Crippen LogP contribution >= 0.6 is 0 Å². The predicted molar refractivity (Wildman–Crippen MR) is 84.0 cm³/mol. The Hall–Kier alpha value is -1.31. The van der Waals surface area contributed by atoms with Gasteiger partial charge in [0.05, 0.1) is 12.2 Å². The number of rotatable bonds is 9. The van der Waals surface area contributed by atoms with Gasteiger partial charge in [0.1, 0.15) is 0 Å². The highest BCUT2D eigenvalue weighted by molar-refractivity contribution is 5.89. The van der Waals surface area contributed by atoms with Crippen LogP contribution in [-0.2, 0) is 4.74 Å². The van der Waals surface area contributed by atoms with E-state index in [0.29, 0.717) is 18.1 Å². The number of ether oxygens (including phenoxy) is 1. The minimum atomic E-state index is -0.194. The zero-order chi connectivity index (χ0) is 14.8. The molecule has 1 aromatic carbocycles. The first-order valence-electron chi connectivity index (χ1n) is 7.91. The van der Waals surface area contributed by atoms with E-state index in [1.165, 1.54) is 25.7 Å². The van der Waals surface area contributed by atoms with E-state index in [-0.39, 0.29) is 5.97 Å². The first-order chi connectivity index (χ1) is 9.67. The molecule has 2 heteroatoms. The molecule has 1 rings (SSSR count). The predicted octanol–water partition coefficient (Wildman–Crippen LogP) is 5.15. The van der Waals surface area contributed by atoms with Crippen molar-refractivity contribution in [1.82, 2.24) is 0 Å². The summed E-state index contributed by atoms with van der Waals surface area (Å²) in [5.41, 5.74) is 1.75. The second kappa shape index (κ2) is 9.57. The Morgan fingerprint density at radius 1 is 1.20 bits per heavy atom. The molecule has 0 amide bonds. The first kappa shape index (κ1) is 16.7. The highest BCUT2D eigenvalue weighted by atomic mass is 16.5. The van der Waals surface area contributed by atoms with Crippen molar-refractivity contribution >= 4 is 5.97 Å². The van der Waals surface area contributed by atoms with Crippen LogP contribution in [0.1, 0.15) is 68.3 Å². The van der Waals surface area contributed by atoms with E-state index in [1.54, 1.807) is 0 Å². The van der Waals surface area contributed by atoms with Crippen molar-refractivity contribution in [3.63, 3.8) is 0 Å². The fraction of sp³-hybridized carbons (Fsp3) is 0.611. The maximum atomic E-state index is 12.0. The van der Waals surface area contributed by atoms with E-state index in [9.17, 15) is 4.79 Å². The van der Waals surface area contributed by atoms with E-state index in [1.807, 2.05) is 31.2 Å². The summed E-state index contributed by atoms with van der Waals surface area (Å²) in [6.45, 7) is 6.93. The van der Waals surface area contributed by atoms with Crippen LogP contribution in [0.15, 0.2) is 24.3 Å². The van der Waals surface area contributed by atoms with E-state index >= 15 is 0 Å². The molecule has 0 spiro atoms. The Labute approximate surface area is 123 Å². The molecule has 0 saturated carbocycles. The maximum absolute atomic E-state index is 12.0. The Morgan fingerprint density at radius 2 is 2.00 bits per heavy atom. The number of carbonyl (C=O) groups is 1. The smallest absolute Gasteiger partial charge is 0.338 e. The van der Waals surface area contributed by atoms with Crippen LogP contribution in [0, 0.1) is 12.8 Å². The van der Waals surface area contributed by atoms with Crippen molar-refractivity contribution in [2.75, 3.05) is 6.61 Å². The van der Waals surface area contributed by atoms with Crippen LogP contribution in [0.5, 0.6) is 0 Å². The van der Waals surface area contributed by atoms with Crippen LogP contribution in [0.25, 0.3) is 0 Å². The molecule has 0 fully saturated rings.